The molecule has 1 fully saturated rings. The van der Waals surface area contributed by atoms with E-state index >= 15 is 0 Å². The van der Waals surface area contributed by atoms with Crippen molar-refractivity contribution >= 4 is 18.4 Å². The second-order valence-corrected chi connectivity index (χ2v) is 2.01. The van der Waals surface area contributed by atoms with Crippen LogP contribution in [0.1, 0.15) is 0 Å². The molecule has 1 saturated heterocycles. The van der Waals surface area contributed by atoms with Crippen molar-refractivity contribution in [1.82, 2.24) is 5.32 Å². The molecule has 60 valence electrons. The summed E-state index contributed by atoms with van der Waals surface area (Å²) in [5, 5.41) is 11.0. The van der Waals surface area contributed by atoms with Gasteiger partial charge in [-0.3, -0.25) is 10.1 Å². The average Bonchev–Trinajstić information content (AvgIpc) is 1.60. The molecule has 0 atom stereocenters. The third-order valence-electron chi connectivity index (χ3n) is 1.18. The lowest BCUT2D eigenvalue weighted by Crippen LogP contribution is -2.47. The molecule has 4 nitrogen and oxygen atoms in total. The van der Waals surface area contributed by atoms with Crippen LogP contribution >= 0.6 is 12.4 Å². The van der Waals surface area contributed by atoms with Gasteiger partial charge in [0.05, 0.1) is 25.8 Å². The van der Waals surface area contributed by atoms with Crippen molar-refractivity contribution in [1.29, 1.82) is 0 Å². The highest BCUT2D eigenvalue weighted by molar-refractivity contribution is 5.85. The predicted molar refractivity (Wildman–Crippen MR) is 37.5 cm³/mol. The Morgan fingerprint density at radius 1 is 1.70 bits per heavy atom. The van der Waals surface area contributed by atoms with Crippen molar-refractivity contribution in [3.8, 4) is 0 Å². The van der Waals surface area contributed by atoms with E-state index in [1.165, 1.54) is 0 Å². The van der Waals surface area contributed by atoms with Crippen molar-refractivity contribution in [2.24, 2.45) is 0 Å². The molecular weight excluding hydrogens is 158 g/mol. The van der Waals surface area contributed by atoms with Crippen LogP contribution < -0.4 is 5.32 Å². The van der Waals surface area contributed by atoms with Gasteiger partial charge in [-0.1, -0.05) is 0 Å². The second-order valence-electron chi connectivity index (χ2n) is 2.01. The Hall–Kier alpha value is -0.320. The smallest absolute Gasteiger partial charge is 0.317 e. The number of hydrogen-bond acceptors (Lipinski definition) is 3. The average molecular weight is 168 g/mol. The van der Waals surface area contributed by atoms with E-state index in [1.54, 1.807) is 0 Å². The standard InChI is InChI=1S/C5H9NO3.ClH/c7-5(8)1-6-4-2-9-3-4;/h4,6H,1-3H2,(H,7,8);1H. The number of aliphatic carboxylic acids is 1. The van der Waals surface area contributed by atoms with Gasteiger partial charge in [-0.2, -0.15) is 0 Å². The number of carbonyl (C=O) groups is 1. The molecule has 0 unspecified atom stereocenters. The van der Waals surface area contributed by atoms with Gasteiger partial charge in [0.15, 0.2) is 0 Å². The molecule has 1 rings (SSSR count). The van der Waals surface area contributed by atoms with E-state index in [0.29, 0.717) is 13.2 Å². The van der Waals surface area contributed by atoms with Crippen LogP contribution in [0.5, 0.6) is 0 Å². The highest BCUT2D eigenvalue weighted by Gasteiger charge is 2.17. The largest absolute Gasteiger partial charge is 0.480 e. The van der Waals surface area contributed by atoms with Gasteiger partial charge in [0.1, 0.15) is 0 Å². The minimum atomic E-state index is -0.818. The van der Waals surface area contributed by atoms with Crippen molar-refractivity contribution < 1.29 is 14.6 Å². The number of nitrogens with one attached hydrogen (secondary N) is 1. The van der Waals surface area contributed by atoms with E-state index in [-0.39, 0.29) is 25.0 Å². The molecule has 0 saturated carbocycles. The van der Waals surface area contributed by atoms with Gasteiger partial charge >= 0.3 is 5.97 Å². The van der Waals surface area contributed by atoms with Crippen molar-refractivity contribution in [2.45, 2.75) is 6.04 Å². The van der Waals surface area contributed by atoms with Gasteiger partial charge in [0.2, 0.25) is 0 Å². The van der Waals surface area contributed by atoms with E-state index in [2.05, 4.69) is 5.32 Å². The summed E-state index contributed by atoms with van der Waals surface area (Å²) in [6.07, 6.45) is 0. The highest BCUT2D eigenvalue weighted by atomic mass is 35.5. The van der Waals surface area contributed by atoms with Crippen molar-refractivity contribution in [3.05, 3.63) is 0 Å². The van der Waals surface area contributed by atoms with Crippen LogP contribution in [0.15, 0.2) is 0 Å². The number of hydrogen-bond donors (Lipinski definition) is 2. The van der Waals surface area contributed by atoms with Crippen LogP contribution in [0, 0.1) is 0 Å². The van der Waals surface area contributed by atoms with E-state index in [4.69, 9.17) is 9.84 Å². The Morgan fingerprint density at radius 3 is 2.60 bits per heavy atom. The SMILES string of the molecule is Cl.O=C(O)CNC1COC1. The number of halogens is 1. The van der Waals surface area contributed by atoms with E-state index in [9.17, 15) is 4.79 Å². The Morgan fingerprint density at radius 2 is 2.30 bits per heavy atom. The zero-order valence-electron chi connectivity index (χ0n) is 5.37. The molecule has 5 heteroatoms. The molecule has 0 amide bonds. The summed E-state index contributed by atoms with van der Waals surface area (Å²) in [5.41, 5.74) is 0. The molecule has 0 radical (unpaired) electrons. The van der Waals surface area contributed by atoms with Gasteiger partial charge in [-0.25, -0.2) is 0 Å². The van der Waals surface area contributed by atoms with Crippen LogP contribution in [0.3, 0.4) is 0 Å². The Bertz CT molecular complexity index is 115. The zero-order chi connectivity index (χ0) is 6.69. The zero-order valence-corrected chi connectivity index (χ0v) is 6.19. The van der Waals surface area contributed by atoms with Gasteiger partial charge in [-0.05, 0) is 0 Å². The van der Waals surface area contributed by atoms with Crippen LogP contribution in [-0.2, 0) is 9.53 Å². The van der Waals surface area contributed by atoms with Gasteiger partial charge in [0, 0.05) is 0 Å². The lowest BCUT2D eigenvalue weighted by atomic mass is 10.2. The summed E-state index contributed by atoms with van der Waals surface area (Å²) in [4.78, 5) is 9.94. The third kappa shape index (κ3) is 3.00. The molecule has 10 heavy (non-hydrogen) atoms. The maximum Gasteiger partial charge on any atom is 0.317 e. The molecule has 0 spiro atoms. The summed E-state index contributed by atoms with van der Waals surface area (Å²) in [6, 6.07) is 0.265. The molecule has 0 aromatic carbocycles. The first-order valence-corrected chi connectivity index (χ1v) is 2.82. The molecule has 1 heterocycles. The van der Waals surface area contributed by atoms with Crippen LogP contribution in [0.4, 0.5) is 0 Å². The van der Waals surface area contributed by atoms with Crippen molar-refractivity contribution in [3.63, 3.8) is 0 Å². The Labute approximate surface area is 65.0 Å². The molecule has 1 aliphatic rings. The fourth-order valence-corrected chi connectivity index (χ4v) is 0.585. The summed E-state index contributed by atoms with van der Waals surface area (Å²) in [5.74, 6) is -0.818. The summed E-state index contributed by atoms with van der Waals surface area (Å²) >= 11 is 0. The topological polar surface area (TPSA) is 58.6 Å². The number of ether oxygens (including phenoxy) is 1. The normalized spacial score (nSPS) is 17.2. The third-order valence-corrected chi connectivity index (χ3v) is 1.18. The van der Waals surface area contributed by atoms with E-state index in [1.807, 2.05) is 0 Å². The molecule has 0 aliphatic carbocycles. The minimum absolute atomic E-state index is 0. The van der Waals surface area contributed by atoms with E-state index < -0.39 is 5.97 Å². The van der Waals surface area contributed by atoms with Crippen molar-refractivity contribution in [2.75, 3.05) is 19.8 Å². The molecular formula is C5H10ClNO3. The first kappa shape index (κ1) is 9.68. The lowest BCUT2D eigenvalue weighted by Gasteiger charge is -2.25. The fraction of sp³-hybridized carbons (Fsp3) is 0.800. The number of rotatable bonds is 3. The maximum absolute atomic E-state index is 9.94. The first-order valence-electron chi connectivity index (χ1n) is 2.82. The van der Waals surface area contributed by atoms with Crippen LogP contribution in [-0.4, -0.2) is 36.9 Å². The maximum atomic E-state index is 9.94. The predicted octanol–water partition coefficient (Wildman–Crippen LogP) is -0.519. The van der Waals surface area contributed by atoms with Gasteiger partial charge < -0.3 is 9.84 Å². The lowest BCUT2D eigenvalue weighted by molar-refractivity contribution is -0.136. The quantitative estimate of drug-likeness (QED) is 0.594. The van der Waals surface area contributed by atoms with Crippen LogP contribution in [0.25, 0.3) is 0 Å². The second kappa shape index (κ2) is 4.49. The minimum Gasteiger partial charge on any atom is -0.480 e. The first-order chi connectivity index (χ1) is 4.29. The summed E-state index contributed by atoms with van der Waals surface area (Å²) in [6.45, 7) is 1.33. The van der Waals surface area contributed by atoms with Gasteiger partial charge in [0.25, 0.3) is 0 Å². The summed E-state index contributed by atoms with van der Waals surface area (Å²) in [7, 11) is 0. The van der Waals surface area contributed by atoms with E-state index in [0.717, 1.165) is 0 Å². The molecule has 0 bridgehead atoms. The monoisotopic (exact) mass is 167 g/mol. The van der Waals surface area contributed by atoms with Gasteiger partial charge in [-0.15, -0.1) is 12.4 Å². The molecule has 2 N–H and O–H groups in total. The molecule has 1 aliphatic heterocycles. The molecule has 0 aromatic heterocycles. The fourth-order valence-electron chi connectivity index (χ4n) is 0.585. The number of carboxylic acid groups (broad SMARTS) is 1. The summed E-state index contributed by atoms with van der Waals surface area (Å²) < 4.78 is 4.81. The molecule has 0 aromatic rings. The Balaban J connectivity index is 0.000000810. The number of carboxylic acids is 1. The highest BCUT2D eigenvalue weighted by Crippen LogP contribution is 1.97. The Kier molecular flexibility index (Phi) is 4.34. The van der Waals surface area contributed by atoms with Crippen LogP contribution in [0.2, 0.25) is 0 Å².